The Balaban J connectivity index is 2.72. The van der Waals surface area contributed by atoms with Crippen LogP contribution in [0.4, 0.5) is 5.82 Å². The van der Waals surface area contributed by atoms with E-state index in [1.807, 2.05) is 19.2 Å². The number of carbonyl (C=O) groups is 1. The first-order chi connectivity index (χ1) is 8.90. The zero-order valence-corrected chi connectivity index (χ0v) is 12.0. The van der Waals surface area contributed by atoms with Crippen LogP contribution in [0.5, 0.6) is 0 Å². The number of nitrogens with zero attached hydrogens (tertiary/aromatic N) is 2. The third-order valence-corrected chi connectivity index (χ3v) is 3.02. The second-order valence-electron chi connectivity index (χ2n) is 5.21. The van der Waals surface area contributed by atoms with Gasteiger partial charge in [-0.1, -0.05) is 13.8 Å². The predicted octanol–water partition coefficient (Wildman–Crippen LogP) is 3.05. The van der Waals surface area contributed by atoms with Crippen LogP contribution in [0.15, 0.2) is 24.4 Å². The lowest BCUT2D eigenvalue weighted by Gasteiger charge is -2.27. The molecule has 0 fully saturated rings. The molecule has 19 heavy (non-hydrogen) atoms. The van der Waals surface area contributed by atoms with Gasteiger partial charge in [0.2, 0.25) is 0 Å². The number of anilines is 1. The lowest BCUT2D eigenvalue weighted by Crippen LogP contribution is -2.30. The van der Waals surface area contributed by atoms with Gasteiger partial charge in [0.25, 0.3) is 0 Å². The molecule has 0 saturated carbocycles. The van der Waals surface area contributed by atoms with Crippen molar-refractivity contribution in [3.05, 3.63) is 30.0 Å². The minimum Gasteiger partial charge on any atom is -0.478 e. The van der Waals surface area contributed by atoms with Gasteiger partial charge in [0.1, 0.15) is 5.82 Å². The Kier molecular flexibility index (Phi) is 5.55. The highest BCUT2D eigenvalue weighted by atomic mass is 16.4. The van der Waals surface area contributed by atoms with E-state index >= 15 is 0 Å². The summed E-state index contributed by atoms with van der Waals surface area (Å²) in [5.74, 6) is 0.600. The Hall–Kier alpha value is -1.84. The maximum Gasteiger partial charge on any atom is 0.328 e. The summed E-state index contributed by atoms with van der Waals surface area (Å²) in [6, 6.07) is 4.21. The molecule has 1 rings (SSSR count). The van der Waals surface area contributed by atoms with Crippen molar-refractivity contribution in [3.63, 3.8) is 0 Å². The molecule has 0 radical (unpaired) electrons. The normalized spacial score (nSPS) is 12.9. The molecule has 1 heterocycles. The fraction of sp³-hybridized carbons (Fsp3) is 0.467. The molecule has 1 aromatic heterocycles. The van der Waals surface area contributed by atoms with E-state index in [9.17, 15) is 4.79 Å². The van der Waals surface area contributed by atoms with Gasteiger partial charge in [-0.3, -0.25) is 0 Å². The van der Waals surface area contributed by atoms with E-state index in [0.29, 0.717) is 12.0 Å². The molecule has 1 unspecified atom stereocenters. The summed E-state index contributed by atoms with van der Waals surface area (Å²) in [7, 11) is 2.03. The van der Waals surface area contributed by atoms with Crippen molar-refractivity contribution in [2.45, 2.75) is 33.2 Å². The van der Waals surface area contributed by atoms with Gasteiger partial charge >= 0.3 is 5.97 Å². The zero-order chi connectivity index (χ0) is 14.4. The van der Waals surface area contributed by atoms with Crippen molar-refractivity contribution in [2.24, 2.45) is 5.92 Å². The van der Waals surface area contributed by atoms with Gasteiger partial charge in [-0.05, 0) is 43.0 Å². The van der Waals surface area contributed by atoms with E-state index in [-0.39, 0.29) is 0 Å². The molecule has 0 bridgehead atoms. The summed E-state index contributed by atoms with van der Waals surface area (Å²) >= 11 is 0. The standard InChI is InChI=1S/C15H22N2O2/c1-11(2)9-12(3)17(4)14-7-5-13(10-16-14)6-8-15(18)19/h5-8,10-12H,9H2,1-4H3,(H,18,19)/b8-6+. The number of hydrogen-bond donors (Lipinski definition) is 1. The molecule has 104 valence electrons. The van der Waals surface area contributed by atoms with E-state index in [1.54, 1.807) is 6.20 Å². The average molecular weight is 262 g/mol. The fourth-order valence-electron chi connectivity index (χ4n) is 1.94. The molecular weight excluding hydrogens is 240 g/mol. The maximum absolute atomic E-state index is 10.4. The van der Waals surface area contributed by atoms with Crippen LogP contribution in [0.2, 0.25) is 0 Å². The van der Waals surface area contributed by atoms with Gasteiger partial charge in [-0.15, -0.1) is 0 Å². The summed E-state index contributed by atoms with van der Waals surface area (Å²) in [4.78, 5) is 16.9. The summed E-state index contributed by atoms with van der Waals surface area (Å²) < 4.78 is 0. The monoisotopic (exact) mass is 262 g/mol. The van der Waals surface area contributed by atoms with Crippen molar-refractivity contribution < 1.29 is 9.90 Å². The number of aliphatic carboxylic acids is 1. The molecule has 0 aromatic carbocycles. The van der Waals surface area contributed by atoms with E-state index in [2.05, 4.69) is 30.7 Å². The third kappa shape index (κ3) is 5.12. The van der Waals surface area contributed by atoms with Crippen LogP contribution in [0, 0.1) is 5.92 Å². The minimum absolute atomic E-state index is 0.424. The highest BCUT2D eigenvalue weighted by Crippen LogP contribution is 2.17. The molecule has 4 heteroatoms. The number of rotatable bonds is 6. The predicted molar refractivity (Wildman–Crippen MR) is 78.2 cm³/mol. The first-order valence-electron chi connectivity index (χ1n) is 6.50. The lowest BCUT2D eigenvalue weighted by atomic mass is 10.0. The van der Waals surface area contributed by atoms with Crippen molar-refractivity contribution in [1.29, 1.82) is 0 Å². The SMILES string of the molecule is CC(C)CC(C)N(C)c1ccc(/C=C/C(=O)O)cn1. The second-order valence-corrected chi connectivity index (χ2v) is 5.21. The Morgan fingerprint density at radius 3 is 2.58 bits per heavy atom. The van der Waals surface area contributed by atoms with Gasteiger partial charge in [0.15, 0.2) is 0 Å². The molecule has 1 aromatic rings. The molecule has 0 amide bonds. The zero-order valence-electron chi connectivity index (χ0n) is 12.0. The van der Waals surface area contributed by atoms with Crippen LogP contribution in [0.1, 0.15) is 32.8 Å². The second kappa shape index (κ2) is 6.92. The maximum atomic E-state index is 10.4. The van der Waals surface area contributed by atoms with Crippen LogP contribution >= 0.6 is 0 Å². The highest BCUT2D eigenvalue weighted by molar-refractivity contribution is 5.85. The van der Waals surface area contributed by atoms with E-state index < -0.39 is 5.97 Å². The van der Waals surface area contributed by atoms with E-state index in [1.165, 1.54) is 6.08 Å². The Morgan fingerprint density at radius 2 is 2.11 bits per heavy atom. The van der Waals surface area contributed by atoms with E-state index in [0.717, 1.165) is 23.9 Å². The van der Waals surface area contributed by atoms with Gasteiger partial charge < -0.3 is 10.0 Å². The fourth-order valence-corrected chi connectivity index (χ4v) is 1.94. The van der Waals surface area contributed by atoms with Crippen LogP contribution in [-0.4, -0.2) is 29.1 Å². The number of carboxylic acids is 1. The van der Waals surface area contributed by atoms with Crippen molar-refractivity contribution in [3.8, 4) is 0 Å². The van der Waals surface area contributed by atoms with Gasteiger partial charge in [0, 0.05) is 25.4 Å². The first-order valence-corrected chi connectivity index (χ1v) is 6.50. The summed E-state index contributed by atoms with van der Waals surface area (Å²) in [5, 5.41) is 8.56. The van der Waals surface area contributed by atoms with Crippen molar-refractivity contribution in [2.75, 3.05) is 11.9 Å². The Bertz CT molecular complexity index is 438. The van der Waals surface area contributed by atoms with Crippen LogP contribution in [0.3, 0.4) is 0 Å². The topological polar surface area (TPSA) is 53.4 Å². The molecule has 0 aliphatic carbocycles. The Morgan fingerprint density at radius 1 is 1.42 bits per heavy atom. The number of pyridine rings is 1. The van der Waals surface area contributed by atoms with Gasteiger partial charge in [-0.25, -0.2) is 9.78 Å². The smallest absolute Gasteiger partial charge is 0.328 e. The van der Waals surface area contributed by atoms with Crippen molar-refractivity contribution >= 4 is 17.9 Å². The highest BCUT2D eigenvalue weighted by Gasteiger charge is 2.12. The molecule has 1 atom stereocenters. The molecular formula is C15H22N2O2. The summed E-state index contributed by atoms with van der Waals surface area (Å²) in [5.41, 5.74) is 0.788. The van der Waals surface area contributed by atoms with Gasteiger partial charge in [0.05, 0.1) is 0 Å². The minimum atomic E-state index is -0.952. The van der Waals surface area contributed by atoms with Crippen LogP contribution in [0.25, 0.3) is 6.08 Å². The number of hydrogen-bond acceptors (Lipinski definition) is 3. The largest absolute Gasteiger partial charge is 0.478 e. The molecule has 0 saturated heterocycles. The molecule has 0 spiro atoms. The Labute approximate surface area is 114 Å². The molecule has 4 nitrogen and oxygen atoms in total. The lowest BCUT2D eigenvalue weighted by molar-refractivity contribution is -0.131. The van der Waals surface area contributed by atoms with Crippen LogP contribution in [-0.2, 0) is 4.79 Å². The third-order valence-electron chi connectivity index (χ3n) is 3.02. The molecule has 1 N–H and O–H groups in total. The van der Waals surface area contributed by atoms with Crippen LogP contribution < -0.4 is 4.90 Å². The average Bonchev–Trinajstić information content (AvgIpc) is 2.35. The number of aromatic nitrogens is 1. The first kappa shape index (κ1) is 15.2. The van der Waals surface area contributed by atoms with E-state index in [4.69, 9.17) is 5.11 Å². The van der Waals surface area contributed by atoms with Crippen molar-refractivity contribution in [1.82, 2.24) is 4.98 Å². The number of carboxylic acid groups (broad SMARTS) is 1. The molecule has 0 aliphatic rings. The quantitative estimate of drug-likeness (QED) is 0.801. The molecule has 0 aliphatic heterocycles. The van der Waals surface area contributed by atoms with Gasteiger partial charge in [-0.2, -0.15) is 0 Å². The summed E-state index contributed by atoms with van der Waals surface area (Å²) in [6.07, 6.45) is 5.45. The summed E-state index contributed by atoms with van der Waals surface area (Å²) in [6.45, 7) is 6.59.